The number of esters is 1. The molecule has 0 atom stereocenters. The minimum absolute atomic E-state index is 0.0784. The topological polar surface area (TPSA) is 79.8 Å². The van der Waals surface area contributed by atoms with Crippen molar-refractivity contribution in [2.75, 3.05) is 16.3 Å². The number of aromatic nitrogens is 1. The molecule has 0 unspecified atom stereocenters. The number of benzene rings is 2. The van der Waals surface area contributed by atoms with Crippen molar-refractivity contribution in [3.63, 3.8) is 0 Å². The lowest BCUT2D eigenvalue weighted by Gasteiger charge is -2.18. The van der Waals surface area contributed by atoms with Crippen LogP contribution in [0.5, 0.6) is 0 Å². The van der Waals surface area contributed by atoms with Crippen LogP contribution in [-0.2, 0) is 20.9 Å². The summed E-state index contributed by atoms with van der Waals surface area (Å²) in [6, 6.07) is 12.6. The third kappa shape index (κ3) is 4.52. The lowest BCUT2D eigenvalue weighted by molar-refractivity contribution is -0.117. The van der Waals surface area contributed by atoms with Gasteiger partial charge in [0.2, 0.25) is 11.8 Å². The number of nitrogens with zero attached hydrogens (tertiary/aromatic N) is 3. The molecule has 0 saturated carbocycles. The van der Waals surface area contributed by atoms with Gasteiger partial charge < -0.3 is 9.64 Å². The van der Waals surface area contributed by atoms with Gasteiger partial charge in [0.05, 0.1) is 16.9 Å². The second kappa shape index (κ2) is 9.27. The van der Waals surface area contributed by atoms with Gasteiger partial charge in [0.1, 0.15) is 12.4 Å². The first-order valence-corrected chi connectivity index (χ1v) is 10.9. The summed E-state index contributed by atoms with van der Waals surface area (Å²) in [6.07, 6.45) is 1.37. The zero-order chi connectivity index (χ0) is 22.7. The molecule has 0 N–H and O–H groups in total. The van der Waals surface area contributed by atoms with E-state index in [1.165, 1.54) is 24.0 Å². The highest BCUT2D eigenvalue weighted by Gasteiger charge is 2.23. The van der Waals surface area contributed by atoms with E-state index in [0.29, 0.717) is 24.2 Å². The summed E-state index contributed by atoms with van der Waals surface area (Å²) in [7, 11) is 0. The molecule has 1 aromatic heterocycles. The molecule has 9 heteroatoms. The number of thiazole rings is 1. The van der Waals surface area contributed by atoms with Gasteiger partial charge in [0, 0.05) is 31.0 Å². The molecule has 1 saturated heterocycles. The first kappa shape index (κ1) is 21.6. The molecule has 1 aliphatic rings. The van der Waals surface area contributed by atoms with Crippen molar-refractivity contribution >= 4 is 45.6 Å². The number of ether oxygens (including phenoxy) is 1. The fourth-order valence-corrected chi connectivity index (χ4v) is 4.29. The average molecular weight is 453 g/mol. The van der Waals surface area contributed by atoms with Crippen molar-refractivity contribution < 1.29 is 23.5 Å². The molecule has 2 aromatic carbocycles. The Bertz CT molecular complexity index is 1160. The molecule has 0 spiro atoms. The number of carbonyl (C=O) groups excluding carboxylic acids is 3. The highest BCUT2D eigenvalue weighted by atomic mass is 32.1. The monoisotopic (exact) mass is 453 g/mol. The highest BCUT2D eigenvalue weighted by Crippen LogP contribution is 2.31. The van der Waals surface area contributed by atoms with Crippen molar-refractivity contribution in [3.8, 4) is 0 Å². The average Bonchev–Trinajstić information content (AvgIpc) is 3.42. The maximum atomic E-state index is 14.2. The van der Waals surface area contributed by atoms with Crippen LogP contribution in [0.3, 0.4) is 0 Å². The summed E-state index contributed by atoms with van der Waals surface area (Å²) >= 11 is 1.15. The van der Waals surface area contributed by atoms with Crippen LogP contribution in [0.15, 0.2) is 53.9 Å². The molecule has 0 radical (unpaired) electrons. The van der Waals surface area contributed by atoms with E-state index in [1.54, 1.807) is 46.7 Å². The van der Waals surface area contributed by atoms with E-state index in [9.17, 15) is 18.8 Å². The third-order valence-corrected chi connectivity index (χ3v) is 5.85. The summed E-state index contributed by atoms with van der Waals surface area (Å²) in [5, 5.41) is 1.94. The van der Waals surface area contributed by atoms with Gasteiger partial charge in [-0.3, -0.25) is 14.5 Å². The number of halogens is 1. The van der Waals surface area contributed by atoms with E-state index < -0.39 is 11.8 Å². The Morgan fingerprint density at radius 2 is 1.94 bits per heavy atom. The van der Waals surface area contributed by atoms with Crippen molar-refractivity contribution in [2.45, 2.75) is 26.4 Å². The fraction of sp³-hybridized carbons (Fsp3) is 0.217. The predicted octanol–water partition coefficient (Wildman–Crippen LogP) is 4.45. The maximum Gasteiger partial charge on any atom is 0.338 e. The molecule has 32 heavy (non-hydrogen) atoms. The van der Waals surface area contributed by atoms with E-state index in [4.69, 9.17) is 4.74 Å². The zero-order valence-corrected chi connectivity index (χ0v) is 18.1. The summed E-state index contributed by atoms with van der Waals surface area (Å²) in [5.41, 5.74) is 1.66. The van der Waals surface area contributed by atoms with E-state index in [-0.39, 0.29) is 29.2 Å². The van der Waals surface area contributed by atoms with Crippen LogP contribution in [-0.4, -0.2) is 29.3 Å². The number of carbonyl (C=O) groups is 3. The summed E-state index contributed by atoms with van der Waals surface area (Å²) in [4.78, 5) is 43.5. The maximum absolute atomic E-state index is 14.2. The third-order valence-electron chi connectivity index (χ3n) is 4.98. The van der Waals surface area contributed by atoms with Crippen LogP contribution in [0.2, 0.25) is 0 Å². The normalized spacial score (nSPS) is 13.3. The van der Waals surface area contributed by atoms with Crippen LogP contribution in [0, 0.1) is 5.82 Å². The highest BCUT2D eigenvalue weighted by molar-refractivity contribution is 7.14. The molecule has 4 rings (SSSR count). The molecule has 0 bridgehead atoms. The summed E-state index contributed by atoms with van der Waals surface area (Å²) in [6.45, 7) is 1.91. The second-order valence-electron chi connectivity index (χ2n) is 7.20. The van der Waals surface area contributed by atoms with Gasteiger partial charge in [-0.25, -0.2) is 14.2 Å². The van der Waals surface area contributed by atoms with Gasteiger partial charge in [-0.2, -0.15) is 0 Å². The van der Waals surface area contributed by atoms with E-state index in [0.717, 1.165) is 23.4 Å². The molecule has 3 aromatic rings. The lowest BCUT2D eigenvalue weighted by atomic mass is 10.2. The Balaban J connectivity index is 1.41. The van der Waals surface area contributed by atoms with E-state index in [1.807, 2.05) is 0 Å². The SMILES string of the molecule is CC(=O)N(c1nc(COC(=O)c2ccc(N3CCCC3=O)cc2)cs1)c1ccccc1F. The molecule has 2 heterocycles. The van der Waals surface area contributed by atoms with Crippen LogP contribution in [0.25, 0.3) is 0 Å². The smallest absolute Gasteiger partial charge is 0.338 e. The number of para-hydroxylation sites is 1. The van der Waals surface area contributed by atoms with Crippen molar-refractivity contribution in [1.29, 1.82) is 0 Å². The molecule has 0 aliphatic carbocycles. The minimum atomic E-state index is -0.537. The molecule has 2 amide bonds. The Kier molecular flexibility index (Phi) is 6.27. The summed E-state index contributed by atoms with van der Waals surface area (Å²) < 4.78 is 19.5. The second-order valence-corrected chi connectivity index (χ2v) is 8.04. The largest absolute Gasteiger partial charge is 0.456 e. The van der Waals surface area contributed by atoms with E-state index in [2.05, 4.69) is 4.98 Å². The number of amides is 2. The van der Waals surface area contributed by atoms with Gasteiger partial charge >= 0.3 is 5.97 Å². The molecule has 164 valence electrons. The van der Waals surface area contributed by atoms with Gasteiger partial charge in [-0.15, -0.1) is 11.3 Å². The Morgan fingerprint density at radius 3 is 2.59 bits per heavy atom. The van der Waals surface area contributed by atoms with Gasteiger partial charge in [-0.05, 0) is 42.8 Å². The van der Waals surface area contributed by atoms with Crippen LogP contribution < -0.4 is 9.80 Å². The van der Waals surface area contributed by atoms with E-state index >= 15 is 0 Å². The molecule has 7 nitrogen and oxygen atoms in total. The molecular weight excluding hydrogens is 433 g/mol. The predicted molar refractivity (Wildman–Crippen MR) is 118 cm³/mol. The first-order chi connectivity index (χ1) is 15.4. The number of hydrogen-bond donors (Lipinski definition) is 0. The summed E-state index contributed by atoms with van der Waals surface area (Å²) in [5.74, 6) is -1.37. The van der Waals surface area contributed by atoms with Crippen molar-refractivity contribution in [3.05, 3.63) is 71.0 Å². The first-order valence-electron chi connectivity index (χ1n) is 10.0. The molecule has 1 fully saturated rings. The standard InChI is InChI=1S/C23H20FN3O4S/c1-15(28)27(20-6-3-2-5-19(20)24)23-25-17(14-32-23)13-31-22(30)16-8-10-18(11-9-16)26-12-4-7-21(26)29/h2-3,5-6,8-11,14H,4,7,12-13H2,1H3. The fourth-order valence-electron chi connectivity index (χ4n) is 3.43. The number of anilines is 3. The number of hydrogen-bond acceptors (Lipinski definition) is 6. The molecule has 1 aliphatic heterocycles. The molecular formula is C23H20FN3O4S. The Hall–Kier alpha value is -3.59. The van der Waals surface area contributed by atoms with Crippen molar-refractivity contribution in [2.24, 2.45) is 0 Å². The number of rotatable bonds is 6. The van der Waals surface area contributed by atoms with Crippen molar-refractivity contribution in [1.82, 2.24) is 4.98 Å². The lowest BCUT2D eigenvalue weighted by Crippen LogP contribution is -2.23. The van der Waals surface area contributed by atoms with Gasteiger partial charge in [-0.1, -0.05) is 12.1 Å². The van der Waals surface area contributed by atoms with Gasteiger partial charge in [0.15, 0.2) is 5.13 Å². The van der Waals surface area contributed by atoms with Crippen LogP contribution in [0.1, 0.15) is 35.8 Å². The zero-order valence-electron chi connectivity index (χ0n) is 17.3. The van der Waals surface area contributed by atoms with Crippen LogP contribution >= 0.6 is 11.3 Å². The minimum Gasteiger partial charge on any atom is -0.456 e. The Morgan fingerprint density at radius 1 is 1.19 bits per heavy atom. The van der Waals surface area contributed by atoms with Crippen LogP contribution in [0.4, 0.5) is 20.9 Å². The quantitative estimate of drug-likeness (QED) is 0.515. The van der Waals surface area contributed by atoms with Gasteiger partial charge in [0.25, 0.3) is 0 Å². The Labute approximate surface area is 188 Å².